The van der Waals surface area contributed by atoms with Gasteiger partial charge < -0.3 is 5.32 Å². The van der Waals surface area contributed by atoms with E-state index in [1.165, 1.54) is 11.3 Å². The second-order valence-corrected chi connectivity index (χ2v) is 7.50. The Morgan fingerprint density at radius 2 is 2.14 bits per heavy atom. The average molecular weight is 326 g/mol. The van der Waals surface area contributed by atoms with E-state index in [4.69, 9.17) is 0 Å². The first-order valence-corrected chi connectivity index (χ1v) is 8.92. The molecule has 21 heavy (non-hydrogen) atoms. The Balaban J connectivity index is 2.15. The summed E-state index contributed by atoms with van der Waals surface area (Å²) in [6.07, 6.45) is 4.15. The number of nitrogens with zero attached hydrogens (tertiary/aromatic N) is 2. The molecule has 2 aromatic rings. The zero-order valence-electron chi connectivity index (χ0n) is 12.0. The Morgan fingerprint density at radius 3 is 2.81 bits per heavy atom. The minimum Gasteiger partial charge on any atom is -0.369 e. The van der Waals surface area contributed by atoms with Crippen LogP contribution in [0.3, 0.4) is 0 Å². The maximum Gasteiger partial charge on any atom is 0.244 e. The van der Waals surface area contributed by atoms with Gasteiger partial charge in [-0.1, -0.05) is 6.92 Å². The Hall–Kier alpha value is -1.51. The number of aromatic nitrogens is 2. The third kappa shape index (κ3) is 4.23. The molecule has 0 aliphatic carbocycles. The minimum absolute atomic E-state index is 0.166. The summed E-state index contributed by atoms with van der Waals surface area (Å²) in [6, 6.07) is 3.16. The standard InChI is InChI=1S/C13H18N4O2S2/c1-3-6-14-13-12(5-4-7-15-13)21(18,19)17-9-11-8-16-10(2)20-11/h4-5,7-8,17H,3,6,9H2,1-2H3,(H,14,15). The summed E-state index contributed by atoms with van der Waals surface area (Å²) in [6.45, 7) is 4.80. The van der Waals surface area contributed by atoms with Crippen molar-refractivity contribution in [1.29, 1.82) is 0 Å². The molecule has 0 saturated heterocycles. The topological polar surface area (TPSA) is 84.0 Å². The number of anilines is 1. The third-order valence-corrected chi connectivity index (χ3v) is 5.05. The smallest absolute Gasteiger partial charge is 0.244 e. The summed E-state index contributed by atoms with van der Waals surface area (Å²) in [4.78, 5) is 9.25. The summed E-state index contributed by atoms with van der Waals surface area (Å²) in [7, 11) is -3.61. The zero-order chi connectivity index (χ0) is 15.3. The Kier molecular flexibility index (Phi) is 5.27. The monoisotopic (exact) mass is 326 g/mol. The van der Waals surface area contributed by atoms with E-state index in [1.807, 2.05) is 13.8 Å². The van der Waals surface area contributed by atoms with Crippen LogP contribution in [0.15, 0.2) is 29.4 Å². The first kappa shape index (κ1) is 15.9. The van der Waals surface area contributed by atoms with E-state index in [0.29, 0.717) is 12.4 Å². The van der Waals surface area contributed by atoms with E-state index < -0.39 is 10.0 Å². The highest BCUT2D eigenvalue weighted by atomic mass is 32.2. The van der Waals surface area contributed by atoms with E-state index in [9.17, 15) is 8.42 Å². The first-order valence-electron chi connectivity index (χ1n) is 6.63. The lowest BCUT2D eigenvalue weighted by Gasteiger charge is -2.11. The molecule has 0 aliphatic rings. The molecule has 0 aromatic carbocycles. The Bertz CT molecular complexity index is 698. The van der Waals surface area contributed by atoms with Crippen molar-refractivity contribution in [3.63, 3.8) is 0 Å². The number of thiazole rings is 1. The molecule has 2 rings (SSSR count). The highest BCUT2D eigenvalue weighted by Gasteiger charge is 2.19. The SMILES string of the molecule is CCCNc1ncccc1S(=O)(=O)NCc1cnc(C)s1. The fourth-order valence-electron chi connectivity index (χ4n) is 1.71. The van der Waals surface area contributed by atoms with Gasteiger partial charge in [0.25, 0.3) is 0 Å². The van der Waals surface area contributed by atoms with Gasteiger partial charge in [0.1, 0.15) is 10.7 Å². The molecule has 0 bridgehead atoms. The number of hydrogen-bond acceptors (Lipinski definition) is 6. The molecule has 0 fully saturated rings. The molecule has 0 amide bonds. The lowest BCUT2D eigenvalue weighted by atomic mass is 10.4. The molecule has 2 heterocycles. The highest BCUT2D eigenvalue weighted by molar-refractivity contribution is 7.89. The summed E-state index contributed by atoms with van der Waals surface area (Å²) >= 11 is 1.47. The van der Waals surface area contributed by atoms with Crippen LogP contribution < -0.4 is 10.0 Å². The van der Waals surface area contributed by atoms with Crippen molar-refractivity contribution in [1.82, 2.24) is 14.7 Å². The van der Waals surface area contributed by atoms with Gasteiger partial charge in [-0.25, -0.2) is 23.1 Å². The van der Waals surface area contributed by atoms with Crippen LogP contribution in [0, 0.1) is 6.92 Å². The molecular formula is C13H18N4O2S2. The molecular weight excluding hydrogens is 308 g/mol. The Labute approximate surface area is 128 Å². The van der Waals surface area contributed by atoms with Crippen LogP contribution in [0.2, 0.25) is 0 Å². The van der Waals surface area contributed by atoms with Crippen molar-refractivity contribution >= 4 is 27.2 Å². The van der Waals surface area contributed by atoms with Gasteiger partial charge in [0, 0.05) is 30.4 Å². The van der Waals surface area contributed by atoms with Crippen LogP contribution in [0.5, 0.6) is 0 Å². The molecule has 2 aromatic heterocycles. The molecule has 0 unspecified atom stereocenters. The number of rotatable bonds is 7. The molecule has 8 heteroatoms. The Morgan fingerprint density at radius 1 is 1.33 bits per heavy atom. The largest absolute Gasteiger partial charge is 0.369 e. The summed E-state index contributed by atoms with van der Waals surface area (Å²) in [5.41, 5.74) is 0. The highest BCUT2D eigenvalue weighted by Crippen LogP contribution is 2.19. The quantitative estimate of drug-likeness (QED) is 0.814. The van der Waals surface area contributed by atoms with Gasteiger partial charge >= 0.3 is 0 Å². The second-order valence-electron chi connectivity index (χ2n) is 4.45. The number of aryl methyl sites for hydroxylation is 1. The maximum absolute atomic E-state index is 12.4. The summed E-state index contributed by atoms with van der Waals surface area (Å²) in [5, 5.41) is 3.94. The van der Waals surface area contributed by atoms with E-state index in [1.54, 1.807) is 24.5 Å². The van der Waals surface area contributed by atoms with Gasteiger partial charge in [0.05, 0.1) is 5.01 Å². The molecule has 0 spiro atoms. The van der Waals surface area contributed by atoms with Crippen molar-refractivity contribution < 1.29 is 8.42 Å². The van der Waals surface area contributed by atoms with E-state index in [2.05, 4.69) is 20.0 Å². The number of hydrogen-bond donors (Lipinski definition) is 2. The lowest BCUT2D eigenvalue weighted by Crippen LogP contribution is -2.24. The normalized spacial score (nSPS) is 11.5. The van der Waals surface area contributed by atoms with Crippen LogP contribution in [0.1, 0.15) is 23.2 Å². The van der Waals surface area contributed by atoms with Gasteiger partial charge in [0.15, 0.2) is 0 Å². The average Bonchev–Trinajstić information content (AvgIpc) is 2.89. The third-order valence-electron chi connectivity index (χ3n) is 2.71. The summed E-state index contributed by atoms with van der Waals surface area (Å²) < 4.78 is 27.4. The van der Waals surface area contributed by atoms with Gasteiger partial charge in [-0.2, -0.15) is 0 Å². The van der Waals surface area contributed by atoms with Crippen LogP contribution in [-0.4, -0.2) is 24.9 Å². The van der Waals surface area contributed by atoms with Crippen LogP contribution in [0.4, 0.5) is 5.82 Å². The molecule has 0 atom stereocenters. The predicted molar refractivity (Wildman–Crippen MR) is 83.9 cm³/mol. The maximum atomic E-state index is 12.4. The molecule has 2 N–H and O–H groups in total. The van der Waals surface area contributed by atoms with Gasteiger partial charge in [-0.15, -0.1) is 11.3 Å². The van der Waals surface area contributed by atoms with Crippen molar-refractivity contribution in [2.75, 3.05) is 11.9 Å². The molecule has 0 radical (unpaired) electrons. The van der Waals surface area contributed by atoms with Crippen molar-refractivity contribution in [3.8, 4) is 0 Å². The van der Waals surface area contributed by atoms with Crippen molar-refractivity contribution in [2.45, 2.75) is 31.7 Å². The molecule has 6 nitrogen and oxygen atoms in total. The van der Waals surface area contributed by atoms with Gasteiger partial charge in [-0.05, 0) is 25.5 Å². The van der Waals surface area contributed by atoms with E-state index >= 15 is 0 Å². The second kappa shape index (κ2) is 6.97. The molecule has 0 saturated carbocycles. The fourth-order valence-corrected chi connectivity index (χ4v) is 3.68. The van der Waals surface area contributed by atoms with Crippen LogP contribution in [-0.2, 0) is 16.6 Å². The lowest BCUT2D eigenvalue weighted by molar-refractivity contribution is 0.581. The van der Waals surface area contributed by atoms with Crippen molar-refractivity contribution in [3.05, 3.63) is 34.4 Å². The predicted octanol–water partition coefficient (Wildman–Crippen LogP) is 2.15. The van der Waals surface area contributed by atoms with Crippen molar-refractivity contribution in [2.24, 2.45) is 0 Å². The fraction of sp³-hybridized carbons (Fsp3) is 0.385. The number of sulfonamides is 1. The first-order chi connectivity index (χ1) is 10.0. The van der Waals surface area contributed by atoms with Crippen LogP contribution in [0.25, 0.3) is 0 Å². The number of nitrogens with one attached hydrogen (secondary N) is 2. The van der Waals surface area contributed by atoms with E-state index in [-0.39, 0.29) is 11.4 Å². The van der Waals surface area contributed by atoms with Gasteiger partial charge in [-0.3, -0.25) is 0 Å². The zero-order valence-corrected chi connectivity index (χ0v) is 13.6. The number of pyridine rings is 1. The molecule has 0 aliphatic heterocycles. The minimum atomic E-state index is -3.61. The van der Waals surface area contributed by atoms with Crippen LogP contribution >= 0.6 is 11.3 Å². The summed E-state index contributed by atoms with van der Waals surface area (Å²) in [5.74, 6) is 0.382. The molecule has 114 valence electrons. The van der Waals surface area contributed by atoms with Gasteiger partial charge in [0.2, 0.25) is 10.0 Å². The van der Waals surface area contributed by atoms with E-state index in [0.717, 1.165) is 16.3 Å².